The maximum absolute atomic E-state index is 11.2. The number of amides is 1. The van der Waals surface area contributed by atoms with Gasteiger partial charge in [0.05, 0.1) is 0 Å². The summed E-state index contributed by atoms with van der Waals surface area (Å²) in [7, 11) is 1.78. The minimum atomic E-state index is -1.12. The highest BCUT2D eigenvalue weighted by Crippen LogP contribution is 1.94. The summed E-state index contributed by atoms with van der Waals surface area (Å²) in [5.74, 6) is -1.42. The molecule has 0 heterocycles. The van der Waals surface area contributed by atoms with Gasteiger partial charge in [0.2, 0.25) is 5.91 Å². The molecule has 6 heteroatoms. The van der Waals surface area contributed by atoms with Crippen molar-refractivity contribution < 1.29 is 19.8 Å². The SMILES string of the molecule is CNCCCC(=O)N[C@H](CCO)C(=O)O. The third-order valence-electron chi connectivity index (χ3n) is 1.88. The zero-order chi connectivity index (χ0) is 11.7. The number of carbonyl (C=O) groups is 2. The molecule has 0 saturated carbocycles. The number of aliphatic hydroxyl groups excluding tert-OH is 1. The van der Waals surface area contributed by atoms with Gasteiger partial charge in [0, 0.05) is 19.4 Å². The Morgan fingerprint density at radius 3 is 2.53 bits per heavy atom. The second kappa shape index (κ2) is 8.19. The predicted molar refractivity (Wildman–Crippen MR) is 54.4 cm³/mol. The van der Waals surface area contributed by atoms with Crippen molar-refractivity contribution in [1.29, 1.82) is 0 Å². The zero-order valence-corrected chi connectivity index (χ0v) is 8.82. The predicted octanol–water partition coefficient (Wildman–Crippen LogP) is -1.06. The van der Waals surface area contributed by atoms with Crippen LogP contribution in [0, 0.1) is 0 Å². The summed E-state index contributed by atoms with van der Waals surface area (Å²) in [5, 5.41) is 22.5. The van der Waals surface area contributed by atoms with E-state index in [1.165, 1.54) is 0 Å². The molecule has 0 bridgehead atoms. The van der Waals surface area contributed by atoms with Crippen molar-refractivity contribution in [1.82, 2.24) is 10.6 Å². The Bertz CT molecular complexity index is 208. The van der Waals surface area contributed by atoms with E-state index < -0.39 is 12.0 Å². The van der Waals surface area contributed by atoms with Gasteiger partial charge in [-0.25, -0.2) is 4.79 Å². The molecule has 15 heavy (non-hydrogen) atoms. The molecule has 0 spiro atoms. The topological polar surface area (TPSA) is 98.7 Å². The number of aliphatic carboxylic acids is 1. The van der Waals surface area contributed by atoms with Gasteiger partial charge >= 0.3 is 5.97 Å². The van der Waals surface area contributed by atoms with Crippen LogP contribution in [0.5, 0.6) is 0 Å². The summed E-state index contributed by atoms with van der Waals surface area (Å²) >= 11 is 0. The van der Waals surface area contributed by atoms with Crippen molar-refractivity contribution in [3.8, 4) is 0 Å². The van der Waals surface area contributed by atoms with E-state index in [-0.39, 0.29) is 25.4 Å². The van der Waals surface area contributed by atoms with Gasteiger partial charge in [-0.05, 0) is 20.0 Å². The summed E-state index contributed by atoms with van der Waals surface area (Å²) in [6.45, 7) is 0.457. The molecule has 4 N–H and O–H groups in total. The van der Waals surface area contributed by atoms with E-state index in [9.17, 15) is 9.59 Å². The zero-order valence-electron chi connectivity index (χ0n) is 8.82. The Hall–Kier alpha value is -1.14. The fraction of sp³-hybridized carbons (Fsp3) is 0.778. The number of hydrogen-bond acceptors (Lipinski definition) is 4. The van der Waals surface area contributed by atoms with Crippen molar-refractivity contribution in [3.63, 3.8) is 0 Å². The molecule has 0 radical (unpaired) electrons. The fourth-order valence-corrected chi connectivity index (χ4v) is 1.08. The van der Waals surface area contributed by atoms with Crippen LogP contribution in [0.1, 0.15) is 19.3 Å². The maximum atomic E-state index is 11.2. The van der Waals surface area contributed by atoms with E-state index >= 15 is 0 Å². The second-order valence-electron chi connectivity index (χ2n) is 3.18. The molecular weight excluding hydrogens is 200 g/mol. The number of rotatable bonds is 8. The monoisotopic (exact) mass is 218 g/mol. The van der Waals surface area contributed by atoms with Crippen LogP contribution in [0.3, 0.4) is 0 Å². The van der Waals surface area contributed by atoms with Crippen molar-refractivity contribution in [2.45, 2.75) is 25.3 Å². The smallest absolute Gasteiger partial charge is 0.326 e. The first-order valence-electron chi connectivity index (χ1n) is 4.89. The highest BCUT2D eigenvalue weighted by Gasteiger charge is 2.18. The van der Waals surface area contributed by atoms with Crippen LogP contribution in [0.15, 0.2) is 0 Å². The van der Waals surface area contributed by atoms with Crippen LogP contribution in [-0.4, -0.2) is 48.3 Å². The Morgan fingerprint density at radius 2 is 2.07 bits per heavy atom. The maximum Gasteiger partial charge on any atom is 0.326 e. The lowest BCUT2D eigenvalue weighted by Crippen LogP contribution is -2.41. The lowest BCUT2D eigenvalue weighted by atomic mass is 10.2. The van der Waals surface area contributed by atoms with Crippen LogP contribution < -0.4 is 10.6 Å². The van der Waals surface area contributed by atoms with Crippen LogP contribution >= 0.6 is 0 Å². The molecule has 0 fully saturated rings. The van der Waals surface area contributed by atoms with Crippen LogP contribution in [0.4, 0.5) is 0 Å². The molecule has 0 aliphatic heterocycles. The number of carboxylic acids is 1. The normalized spacial score (nSPS) is 12.1. The lowest BCUT2D eigenvalue weighted by Gasteiger charge is -2.12. The molecule has 0 aromatic heterocycles. The van der Waals surface area contributed by atoms with Gasteiger partial charge in [-0.3, -0.25) is 4.79 Å². The molecule has 0 aliphatic rings. The molecule has 0 aromatic carbocycles. The van der Waals surface area contributed by atoms with Gasteiger partial charge in [0.1, 0.15) is 6.04 Å². The first-order valence-corrected chi connectivity index (χ1v) is 4.89. The van der Waals surface area contributed by atoms with Crippen LogP contribution in [0.2, 0.25) is 0 Å². The molecule has 0 aromatic rings. The van der Waals surface area contributed by atoms with E-state index in [1.807, 2.05) is 0 Å². The summed E-state index contributed by atoms with van der Waals surface area (Å²) in [6.07, 6.45) is 0.983. The molecule has 0 rings (SSSR count). The van der Waals surface area contributed by atoms with E-state index in [2.05, 4.69) is 10.6 Å². The van der Waals surface area contributed by atoms with Gasteiger partial charge in [0.25, 0.3) is 0 Å². The van der Waals surface area contributed by atoms with Gasteiger partial charge in [-0.2, -0.15) is 0 Å². The molecule has 0 aliphatic carbocycles. The first-order chi connectivity index (χ1) is 7.11. The highest BCUT2D eigenvalue weighted by atomic mass is 16.4. The minimum absolute atomic E-state index is 0.0348. The number of carbonyl (C=O) groups excluding carboxylic acids is 1. The second-order valence-corrected chi connectivity index (χ2v) is 3.18. The molecule has 0 unspecified atom stereocenters. The number of nitrogens with one attached hydrogen (secondary N) is 2. The number of hydrogen-bond donors (Lipinski definition) is 4. The fourth-order valence-electron chi connectivity index (χ4n) is 1.08. The molecule has 0 saturated heterocycles. The average molecular weight is 218 g/mol. The summed E-state index contributed by atoms with van der Waals surface area (Å²) in [4.78, 5) is 21.8. The molecule has 88 valence electrons. The minimum Gasteiger partial charge on any atom is -0.480 e. The van der Waals surface area contributed by atoms with Crippen LogP contribution in [-0.2, 0) is 9.59 Å². The Morgan fingerprint density at radius 1 is 1.40 bits per heavy atom. The summed E-state index contributed by atoms with van der Waals surface area (Å²) in [5.41, 5.74) is 0. The largest absolute Gasteiger partial charge is 0.480 e. The van der Waals surface area contributed by atoms with Gasteiger partial charge in [-0.1, -0.05) is 0 Å². The van der Waals surface area contributed by atoms with Gasteiger partial charge in [-0.15, -0.1) is 0 Å². The molecule has 1 amide bonds. The van der Waals surface area contributed by atoms with Crippen molar-refractivity contribution >= 4 is 11.9 Å². The Balaban J connectivity index is 3.84. The first kappa shape index (κ1) is 13.9. The standard InChI is InChI=1S/C9H18N2O4/c1-10-5-2-3-8(13)11-7(4-6-12)9(14)15/h7,10,12H,2-6H2,1H3,(H,11,13)(H,14,15)/t7-/m1/s1. The molecule has 6 nitrogen and oxygen atoms in total. The number of aliphatic hydroxyl groups is 1. The highest BCUT2D eigenvalue weighted by molar-refractivity contribution is 5.83. The quantitative estimate of drug-likeness (QED) is 0.389. The average Bonchev–Trinajstić information content (AvgIpc) is 2.17. The van der Waals surface area contributed by atoms with Crippen molar-refractivity contribution in [3.05, 3.63) is 0 Å². The van der Waals surface area contributed by atoms with Crippen LogP contribution in [0.25, 0.3) is 0 Å². The summed E-state index contributed by atoms with van der Waals surface area (Å²) in [6, 6.07) is -0.989. The molecule has 1 atom stereocenters. The Labute approximate surface area is 88.7 Å². The van der Waals surface area contributed by atoms with Gasteiger partial charge < -0.3 is 20.8 Å². The van der Waals surface area contributed by atoms with E-state index in [1.54, 1.807) is 7.05 Å². The lowest BCUT2D eigenvalue weighted by molar-refractivity contribution is -0.142. The molecular formula is C9H18N2O4. The van der Waals surface area contributed by atoms with Gasteiger partial charge in [0.15, 0.2) is 0 Å². The van der Waals surface area contributed by atoms with Crippen molar-refractivity contribution in [2.24, 2.45) is 0 Å². The Kier molecular flexibility index (Phi) is 7.57. The van der Waals surface area contributed by atoms with E-state index in [0.717, 1.165) is 0 Å². The summed E-state index contributed by atoms with van der Waals surface area (Å²) < 4.78 is 0. The third kappa shape index (κ3) is 6.87. The number of carboxylic acid groups (broad SMARTS) is 1. The van der Waals surface area contributed by atoms with Crippen molar-refractivity contribution in [2.75, 3.05) is 20.2 Å². The van der Waals surface area contributed by atoms with E-state index in [4.69, 9.17) is 10.2 Å². The third-order valence-corrected chi connectivity index (χ3v) is 1.88. The van der Waals surface area contributed by atoms with E-state index in [0.29, 0.717) is 13.0 Å².